The third-order valence-corrected chi connectivity index (χ3v) is 5.25. The van der Waals surface area contributed by atoms with E-state index in [1.165, 1.54) is 11.3 Å². The van der Waals surface area contributed by atoms with Gasteiger partial charge in [0.2, 0.25) is 0 Å². The average Bonchev–Trinajstić information content (AvgIpc) is 3.12. The zero-order valence-electron chi connectivity index (χ0n) is 14.2. The van der Waals surface area contributed by atoms with Gasteiger partial charge in [-0.15, -0.1) is 11.3 Å². The number of benzene rings is 2. The zero-order chi connectivity index (χ0) is 18.8. The molecule has 2 amide bonds. The summed E-state index contributed by atoms with van der Waals surface area (Å²) < 4.78 is 10.9. The summed E-state index contributed by atoms with van der Waals surface area (Å²) in [5.74, 6) is 0.620. The van der Waals surface area contributed by atoms with Gasteiger partial charge in [0.15, 0.2) is 6.61 Å². The summed E-state index contributed by atoms with van der Waals surface area (Å²) in [7, 11) is 0. The van der Waals surface area contributed by atoms with Crippen molar-refractivity contribution < 1.29 is 19.1 Å². The third kappa shape index (κ3) is 3.63. The van der Waals surface area contributed by atoms with Crippen molar-refractivity contribution in [1.29, 1.82) is 0 Å². The molecule has 4 rings (SSSR count). The van der Waals surface area contributed by atoms with Crippen LogP contribution in [-0.2, 0) is 11.4 Å². The van der Waals surface area contributed by atoms with Crippen LogP contribution in [0.2, 0.25) is 0 Å². The highest BCUT2D eigenvalue weighted by Crippen LogP contribution is 2.42. The predicted molar refractivity (Wildman–Crippen MR) is 103 cm³/mol. The van der Waals surface area contributed by atoms with Gasteiger partial charge in [0.25, 0.3) is 11.8 Å². The first-order chi connectivity index (χ1) is 13.1. The Hall–Kier alpha value is -3.32. The minimum Gasteiger partial charge on any atom is -0.488 e. The standard InChI is InChI=1S/C20H16N2O4S/c21-18(23)11-25-14-7-5-13(6-8-14)22-20(24)17-9-12-10-26-16-4-2-1-3-15(16)19(12)27-17/h1-9H,10-11H2,(H2,21,23)(H,22,24). The number of anilines is 1. The number of rotatable bonds is 5. The lowest BCUT2D eigenvalue weighted by Crippen LogP contribution is -2.20. The smallest absolute Gasteiger partial charge is 0.265 e. The molecule has 27 heavy (non-hydrogen) atoms. The number of carbonyl (C=O) groups is 2. The fourth-order valence-electron chi connectivity index (χ4n) is 2.79. The maximum Gasteiger partial charge on any atom is 0.265 e. The molecular weight excluding hydrogens is 364 g/mol. The summed E-state index contributed by atoms with van der Waals surface area (Å²) in [5, 5.41) is 2.87. The average molecular weight is 380 g/mol. The van der Waals surface area contributed by atoms with Crippen molar-refractivity contribution in [3.63, 3.8) is 0 Å². The monoisotopic (exact) mass is 380 g/mol. The number of primary amides is 1. The van der Waals surface area contributed by atoms with E-state index in [0.717, 1.165) is 21.8 Å². The lowest BCUT2D eigenvalue weighted by Gasteiger charge is -2.16. The van der Waals surface area contributed by atoms with Gasteiger partial charge in [0.05, 0.1) is 4.88 Å². The lowest BCUT2D eigenvalue weighted by atomic mass is 10.1. The van der Waals surface area contributed by atoms with Crippen LogP contribution < -0.4 is 20.5 Å². The SMILES string of the molecule is NC(=O)COc1ccc(NC(=O)c2cc3c(s2)-c2ccccc2OC3)cc1. The molecule has 0 fully saturated rings. The van der Waals surface area contributed by atoms with Gasteiger partial charge >= 0.3 is 0 Å². The summed E-state index contributed by atoms with van der Waals surface area (Å²) >= 11 is 1.45. The van der Waals surface area contributed by atoms with Crippen molar-refractivity contribution in [2.24, 2.45) is 5.73 Å². The van der Waals surface area contributed by atoms with Crippen molar-refractivity contribution in [3.05, 3.63) is 65.0 Å². The molecule has 2 aromatic carbocycles. The quantitative estimate of drug-likeness (QED) is 0.710. The van der Waals surface area contributed by atoms with Gasteiger partial charge in [-0.3, -0.25) is 9.59 Å². The second-order valence-corrected chi connectivity index (χ2v) is 7.04. The topological polar surface area (TPSA) is 90.7 Å². The molecule has 0 bridgehead atoms. The Kier molecular flexibility index (Phi) is 4.52. The zero-order valence-corrected chi connectivity index (χ0v) is 15.0. The van der Waals surface area contributed by atoms with E-state index in [-0.39, 0.29) is 12.5 Å². The van der Waals surface area contributed by atoms with Gasteiger partial charge in [0, 0.05) is 21.7 Å². The van der Waals surface area contributed by atoms with Gasteiger partial charge in [0.1, 0.15) is 18.1 Å². The number of nitrogens with one attached hydrogen (secondary N) is 1. The van der Waals surface area contributed by atoms with E-state index >= 15 is 0 Å². The van der Waals surface area contributed by atoms with E-state index in [0.29, 0.717) is 22.9 Å². The highest BCUT2D eigenvalue weighted by Gasteiger charge is 2.22. The highest BCUT2D eigenvalue weighted by atomic mass is 32.1. The molecule has 0 atom stereocenters. The number of amides is 2. The summed E-state index contributed by atoms with van der Waals surface area (Å²) in [6.07, 6.45) is 0. The molecule has 0 saturated carbocycles. The predicted octanol–water partition coefficient (Wildman–Crippen LogP) is 3.42. The van der Waals surface area contributed by atoms with Crippen molar-refractivity contribution in [1.82, 2.24) is 0 Å². The Morgan fingerprint density at radius 2 is 1.93 bits per heavy atom. The molecule has 136 valence electrons. The minimum absolute atomic E-state index is 0.183. The van der Waals surface area contributed by atoms with Crippen LogP contribution in [0.25, 0.3) is 10.4 Å². The molecule has 0 spiro atoms. The molecule has 3 N–H and O–H groups in total. The summed E-state index contributed by atoms with van der Waals surface area (Å²) in [6, 6.07) is 16.4. The van der Waals surface area contributed by atoms with Crippen molar-refractivity contribution >= 4 is 28.8 Å². The first-order valence-corrected chi connectivity index (χ1v) is 9.09. The number of hydrogen-bond acceptors (Lipinski definition) is 5. The summed E-state index contributed by atoms with van der Waals surface area (Å²) in [6.45, 7) is 0.276. The molecule has 0 unspecified atom stereocenters. The third-order valence-electron chi connectivity index (χ3n) is 4.04. The first kappa shape index (κ1) is 17.1. The van der Waals surface area contributed by atoms with E-state index in [9.17, 15) is 9.59 Å². The van der Waals surface area contributed by atoms with Crippen LogP contribution in [0, 0.1) is 0 Å². The van der Waals surface area contributed by atoms with Gasteiger partial charge in [-0.1, -0.05) is 12.1 Å². The van der Waals surface area contributed by atoms with E-state index in [1.807, 2.05) is 30.3 Å². The second kappa shape index (κ2) is 7.13. The maximum atomic E-state index is 12.6. The molecule has 0 saturated heterocycles. The number of fused-ring (bicyclic) bond motifs is 3. The fraction of sp³-hybridized carbons (Fsp3) is 0.100. The Morgan fingerprint density at radius 1 is 1.15 bits per heavy atom. The second-order valence-electron chi connectivity index (χ2n) is 5.98. The lowest BCUT2D eigenvalue weighted by molar-refractivity contribution is -0.119. The maximum absolute atomic E-state index is 12.6. The van der Waals surface area contributed by atoms with E-state index in [1.54, 1.807) is 24.3 Å². The Balaban J connectivity index is 1.48. The fourth-order valence-corrected chi connectivity index (χ4v) is 3.89. The van der Waals surface area contributed by atoms with Crippen LogP contribution in [-0.4, -0.2) is 18.4 Å². The Labute approximate surface area is 159 Å². The molecule has 1 aromatic heterocycles. The number of ether oxygens (including phenoxy) is 2. The van der Waals surface area contributed by atoms with Gasteiger partial charge in [-0.05, 0) is 42.5 Å². The minimum atomic E-state index is -0.542. The van der Waals surface area contributed by atoms with Gasteiger partial charge in [-0.25, -0.2) is 0 Å². The van der Waals surface area contributed by atoms with Crippen molar-refractivity contribution in [2.75, 3.05) is 11.9 Å². The molecule has 1 aliphatic rings. The molecule has 3 aromatic rings. The molecule has 0 aliphatic carbocycles. The van der Waals surface area contributed by atoms with Gasteiger partial charge in [-0.2, -0.15) is 0 Å². The van der Waals surface area contributed by atoms with Crippen LogP contribution in [0.1, 0.15) is 15.2 Å². The molecular formula is C20H16N2O4S. The van der Waals surface area contributed by atoms with E-state index in [4.69, 9.17) is 15.2 Å². The molecule has 0 radical (unpaired) electrons. The largest absolute Gasteiger partial charge is 0.488 e. The van der Waals surface area contributed by atoms with Crippen LogP contribution in [0.3, 0.4) is 0 Å². The van der Waals surface area contributed by atoms with Crippen LogP contribution in [0.4, 0.5) is 5.69 Å². The molecule has 7 heteroatoms. The number of hydrogen-bond donors (Lipinski definition) is 2. The molecule has 2 heterocycles. The number of para-hydroxylation sites is 1. The van der Waals surface area contributed by atoms with Crippen LogP contribution in [0.5, 0.6) is 11.5 Å². The number of carbonyl (C=O) groups excluding carboxylic acids is 2. The van der Waals surface area contributed by atoms with Crippen LogP contribution in [0.15, 0.2) is 54.6 Å². The number of nitrogens with two attached hydrogens (primary N) is 1. The van der Waals surface area contributed by atoms with Crippen molar-refractivity contribution in [2.45, 2.75) is 6.61 Å². The van der Waals surface area contributed by atoms with Gasteiger partial charge < -0.3 is 20.5 Å². The summed E-state index contributed by atoms with van der Waals surface area (Å²) in [5.41, 5.74) is 7.70. The normalized spacial score (nSPS) is 11.7. The molecule has 6 nitrogen and oxygen atoms in total. The first-order valence-electron chi connectivity index (χ1n) is 8.27. The van der Waals surface area contributed by atoms with E-state index in [2.05, 4.69) is 5.32 Å². The molecule has 1 aliphatic heterocycles. The number of thiophene rings is 1. The Bertz CT molecular complexity index is 1010. The highest BCUT2D eigenvalue weighted by molar-refractivity contribution is 7.17. The van der Waals surface area contributed by atoms with Crippen molar-refractivity contribution in [3.8, 4) is 21.9 Å². The van der Waals surface area contributed by atoms with Crippen LogP contribution >= 0.6 is 11.3 Å². The van der Waals surface area contributed by atoms with E-state index < -0.39 is 5.91 Å². The Morgan fingerprint density at radius 3 is 2.70 bits per heavy atom. The summed E-state index contributed by atoms with van der Waals surface area (Å²) in [4.78, 5) is 25.0.